The predicted octanol–water partition coefficient (Wildman–Crippen LogP) is 7.47. The lowest BCUT2D eigenvalue weighted by Gasteiger charge is -2.17. The fourth-order valence-electron chi connectivity index (χ4n) is 3.42. The lowest BCUT2D eigenvalue weighted by Crippen LogP contribution is -2.08. The minimum Gasteiger partial charge on any atom is -0.204 e. The molecule has 0 unspecified atom stereocenters. The molecule has 0 bridgehead atoms. The summed E-state index contributed by atoms with van der Waals surface area (Å²) in [4.78, 5) is 0. The van der Waals surface area contributed by atoms with Crippen molar-refractivity contribution < 1.29 is 57.1 Å². The molecule has 0 saturated carbocycles. The lowest BCUT2D eigenvalue weighted by atomic mass is 9.91. The zero-order valence-corrected chi connectivity index (χ0v) is 15.0. The summed E-state index contributed by atoms with van der Waals surface area (Å²) >= 11 is 0. The maximum absolute atomic E-state index is 14.7. The summed E-state index contributed by atoms with van der Waals surface area (Å²) in [5.74, 6) is -33.5. The van der Waals surface area contributed by atoms with Crippen LogP contribution in [0.2, 0.25) is 0 Å². The van der Waals surface area contributed by atoms with Crippen LogP contribution in [0.1, 0.15) is 0 Å². The van der Waals surface area contributed by atoms with Gasteiger partial charge in [0.1, 0.15) is 0 Å². The Labute approximate surface area is 172 Å². The third-order valence-electron chi connectivity index (χ3n) is 4.85. The van der Waals surface area contributed by atoms with Crippen LogP contribution >= 0.6 is 0 Å². The number of benzene rings is 4. The molecule has 0 nitrogen and oxygen atoms in total. The summed E-state index contributed by atoms with van der Waals surface area (Å²) in [6.07, 6.45) is 0. The van der Waals surface area contributed by atoms with E-state index in [4.69, 9.17) is 0 Å². The van der Waals surface area contributed by atoms with Crippen LogP contribution in [0.4, 0.5) is 57.1 Å². The topological polar surface area (TPSA) is 0 Å². The van der Waals surface area contributed by atoms with Crippen molar-refractivity contribution in [3.05, 3.63) is 81.7 Å². The molecule has 0 amide bonds. The first-order valence-electron chi connectivity index (χ1n) is 8.28. The van der Waals surface area contributed by atoms with Gasteiger partial charge in [0.2, 0.25) is 0 Å². The van der Waals surface area contributed by atoms with Crippen molar-refractivity contribution in [2.45, 2.75) is 0 Å². The maximum atomic E-state index is 14.7. The predicted molar refractivity (Wildman–Crippen MR) is 86.3 cm³/mol. The standard InChI is InChI=1S/C20HF13/c21-3-1-2(5-7(9(3)22)13(26)19(32)17(30)11(5)24)4-6-8(14(27)16(29)10(4)23)15(28)20(33)18(31)12(6)25/h1H. The van der Waals surface area contributed by atoms with E-state index in [0.717, 1.165) is 0 Å². The Morgan fingerprint density at radius 2 is 0.636 bits per heavy atom. The van der Waals surface area contributed by atoms with Crippen LogP contribution in [-0.4, -0.2) is 0 Å². The highest BCUT2D eigenvalue weighted by molar-refractivity contribution is 6.07. The molecule has 0 atom stereocenters. The normalized spacial score (nSPS) is 11.8. The zero-order chi connectivity index (χ0) is 24.7. The molecule has 13 heteroatoms. The Kier molecular flexibility index (Phi) is 4.98. The molecule has 0 aliphatic rings. The van der Waals surface area contributed by atoms with Crippen LogP contribution in [0.25, 0.3) is 32.7 Å². The first-order chi connectivity index (χ1) is 15.3. The van der Waals surface area contributed by atoms with Gasteiger partial charge < -0.3 is 0 Å². The number of hydrogen-bond acceptors (Lipinski definition) is 0. The van der Waals surface area contributed by atoms with Gasteiger partial charge in [-0.1, -0.05) is 0 Å². The highest BCUT2D eigenvalue weighted by atomic mass is 19.2. The largest absolute Gasteiger partial charge is 0.204 e. The third-order valence-corrected chi connectivity index (χ3v) is 4.85. The van der Waals surface area contributed by atoms with Gasteiger partial charge in [-0.25, -0.2) is 57.1 Å². The summed E-state index contributed by atoms with van der Waals surface area (Å²) in [7, 11) is 0. The molecule has 0 N–H and O–H groups in total. The highest BCUT2D eigenvalue weighted by Crippen LogP contribution is 2.44. The molecule has 0 aromatic heterocycles. The van der Waals surface area contributed by atoms with E-state index >= 15 is 0 Å². The summed E-state index contributed by atoms with van der Waals surface area (Å²) in [6, 6.07) is -0.300. The number of halogens is 13. The van der Waals surface area contributed by atoms with Crippen molar-refractivity contribution in [1.82, 2.24) is 0 Å². The average molecular weight is 488 g/mol. The second kappa shape index (κ2) is 7.25. The van der Waals surface area contributed by atoms with Gasteiger partial charge in [-0.2, -0.15) is 0 Å². The van der Waals surface area contributed by atoms with E-state index < -0.39 is 108 Å². The van der Waals surface area contributed by atoms with Crippen LogP contribution in [0, 0.1) is 75.6 Å². The average Bonchev–Trinajstić information content (AvgIpc) is 2.78. The van der Waals surface area contributed by atoms with Crippen molar-refractivity contribution in [2.75, 3.05) is 0 Å². The molecule has 4 rings (SSSR count). The van der Waals surface area contributed by atoms with Gasteiger partial charge >= 0.3 is 0 Å². The summed E-state index contributed by atoms with van der Waals surface area (Å²) in [5.41, 5.74) is -3.67. The van der Waals surface area contributed by atoms with Gasteiger partial charge in [0.25, 0.3) is 0 Å². The van der Waals surface area contributed by atoms with Crippen molar-refractivity contribution >= 4 is 21.5 Å². The first kappa shape index (κ1) is 22.7. The highest BCUT2D eigenvalue weighted by Gasteiger charge is 2.34. The van der Waals surface area contributed by atoms with Crippen LogP contribution in [0.15, 0.2) is 6.07 Å². The monoisotopic (exact) mass is 488 g/mol. The van der Waals surface area contributed by atoms with E-state index in [9.17, 15) is 57.1 Å². The molecule has 4 aromatic rings. The van der Waals surface area contributed by atoms with Crippen molar-refractivity contribution in [3.8, 4) is 11.1 Å². The molecule has 0 heterocycles. The van der Waals surface area contributed by atoms with Gasteiger partial charge in [-0.05, 0) is 11.6 Å². The quantitative estimate of drug-likeness (QED) is 0.148. The van der Waals surface area contributed by atoms with E-state index in [2.05, 4.69) is 0 Å². The fourth-order valence-corrected chi connectivity index (χ4v) is 3.42. The van der Waals surface area contributed by atoms with Crippen molar-refractivity contribution in [3.63, 3.8) is 0 Å². The minimum absolute atomic E-state index is 0.300. The number of fused-ring (bicyclic) bond motifs is 2. The molecular weight excluding hydrogens is 487 g/mol. The van der Waals surface area contributed by atoms with E-state index in [1.54, 1.807) is 0 Å². The molecular formula is C20HF13. The first-order valence-corrected chi connectivity index (χ1v) is 8.28. The molecule has 0 spiro atoms. The van der Waals surface area contributed by atoms with Crippen LogP contribution in [0.3, 0.4) is 0 Å². The minimum atomic E-state index is -2.71. The molecule has 0 aliphatic carbocycles. The van der Waals surface area contributed by atoms with Gasteiger partial charge in [-0.15, -0.1) is 0 Å². The van der Waals surface area contributed by atoms with Gasteiger partial charge in [-0.3, -0.25) is 0 Å². The van der Waals surface area contributed by atoms with E-state index in [1.165, 1.54) is 0 Å². The van der Waals surface area contributed by atoms with Gasteiger partial charge in [0.05, 0.1) is 10.8 Å². The Bertz CT molecular complexity index is 1530. The molecule has 0 aliphatic heterocycles. The maximum Gasteiger partial charge on any atom is 0.198 e. The van der Waals surface area contributed by atoms with Gasteiger partial charge in [0.15, 0.2) is 75.6 Å². The van der Waals surface area contributed by atoms with Crippen LogP contribution in [-0.2, 0) is 0 Å². The van der Waals surface area contributed by atoms with Crippen LogP contribution in [0.5, 0.6) is 0 Å². The van der Waals surface area contributed by atoms with Crippen molar-refractivity contribution in [1.29, 1.82) is 0 Å². The van der Waals surface area contributed by atoms with E-state index in [-0.39, 0.29) is 6.07 Å². The van der Waals surface area contributed by atoms with Crippen molar-refractivity contribution in [2.24, 2.45) is 0 Å². The molecule has 4 aromatic carbocycles. The second-order valence-corrected chi connectivity index (χ2v) is 6.55. The molecule has 33 heavy (non-hydrogen) atoms. The Balaban J connectivity index is 2.42. The fraction of sp³-hybridized carbons (Fsp3) is 0. The SMILES string of the molecule is Fc1cc(-c2c(F)c(F)c(F)c3c(F)c(F)c(F)c(F)c23)c2c(F)c(F)c(F)c(F)c2c1F. The smallest absolute Gasteiger partial charge is 0.198 e. The zero-order valence-electron chi connectivity index (χ0n) is 15.0. The lowest BCUT2D eigenvalue weighted by molar-refractivity contribution is 0.410. The third kappa shape index (κ3) is 2.80. The molecule has 172 valence electrons. The molecule has 0 saturated heterocycles. The van der Waals surface area contributed by atoms with E-state index in [0.29, 0.717) is 0 Å². The summed E-state index contributed by atoms with van der Waals surface area (Å²) < 4.78 is 183. The number of hydrogen-bond donors (Lipinski definition) is 0. The Morgan fingerprint density at radius 3 is 1.09 bits per heavy atom. The second-order valence-electron chi connectivity index (χ2n) is 6.55. The molecule has 0 fully saturated rings. The molecule has 0 radical (unpaired) electrons. The van der Waals surface area contributed by atoms with Gasteiger partial charge in [0, 0.05) is 16.3 Å². The number of rotatable bonds is 1. The van der Waals surface area contributed by atoms with Crippen LogP contribution < -0.4 is 0 Å². The Hall–Kier alpha value is -3.51. The summed E-state index contributed by atoms with van der Waals surface area (Å²) in [6.45, 7) is 0. The van der Waals surface area contributed by atoms with E-state index in [1.807, 2.05) is 0 Å². The Morgan fingerprint density at radius 1 is 0.303 bits per heavy atom. The summed E-state index contributed by atoms with van der Waals surface area (Å²) in [5, 5.41) is -7.94.